The van der Waals surface area contributed by atoms with Gasteiger partial charge in [-0.05, 0) is 12.8 Å². The lowest BCUT2D eigenvalue weighted by atomic mass is 10.0. The molecule has 0 aliphatic heterocycles. The van der Waals surface area contributed by atoms with Crippen LogP contribution in [0.15, 0.2) is 0 Å². The summed E-state index contributed by atoms with van der Waals surface area (Å²) in [7, 11) is 0. The molecule has 0 saturated carbocycles. The second kappa shape index (κ2) is 21.5. The van der Waals surface area contributed by atoms with E-state index in [-0.39, 0.29) is 0 Å². The van der Waals surface area contributed by atoms with E-state index in [4.69, 9.17) is 0 Å². The molecule has 23 heavy (non-hydrogen) atoms. The molecule has 0 fully saturated rings. The van der Waals surface area contributed by atoms with Gasteiger partial charge in [-0.1, -0.05) is 151 Å². The van der Waals surface area contributed by atoms with Crippen molar-refractivity contribution >= 4 is 47.8 Å². The second-order valence-electron chi connectivity index (χ2n) is 6.88. The number of hydrogen-bond acceptors (Lipinski definition) is 0. The summed E-state index contributed by atoms with van der Waals surface area (Å²) >= 11 is 10.6. The van der Waals surface area contributed by atoms with Crippen LogP contribution in [-0.4, -0.2) is 9.07 Å². The fourth-order valence-corrected chi connectivity index (χ4v) is 4.09. The second-order valence-corrected chi connectivity index (χ2v) is 11.1. The highest BCUT2D eigenvalue weighted by atomic mass is 79.9. The highest BCUT2D eigenvalue weighted by Gasteiger charge is 1.97. The van der Waals surface area contributed by atoms with Gasteiger partial charge in [-0.25, -0.2) is 0 Å². The third-order valence-corrected chi connectivity index (χ3v) is 6.03. The molecule has 0 aliphatic carbocycles. The molecule has 0 N–H and O–H groups in total. The minimum Gasteiger partial charge on any atom is -0.0928 e. The van der Waals surface area contributed by atoms with E-state index in [0.717, 1.165) is 0 Å². The molecule has 0 saturated heterocycles. The number of hydrogen-bond donors (Lipinski definition) is 0. The highest BCUT2D eigenvalue weighted by Crippen LogP contribution is 2.18. The maximum Gasteiger partial charge on any atom is 0.0697 e. The van der Waals surface area contributed by atoms with E-state index in [2.05, 4.69) is 47.8 Å². The molecule has 0 aromatic rings. The zero-order valence-corrected chi connectivity index (χ0v) is 19.9. The van der Waals surface area contributed by atoms with Crippen LogP contribution in [0.4, 0.5) is 0 Å². The summed E-state index contributed by atoms with van der Waals surface area (Å²) in [4.78, 5) is 0. The van der Waals surface area contributed by atoms with Gasteiger partial charge in [0.25, 0.3) is 0 Å². The summed E-state index contributed by atoms with van der Waals surface area (Å²) in [5, 5.41) is 1.18. The quantitative estimate of drug-likeness (QED) is 0.118. The van der Waals surface area contributed by atoms with Gasteiger partial charge in [-0.3, -0.25) is 0 Å². The normalized spacial score (nSPS) is 11.5. The molecule has 0 aromatic carbocycles. The molecule has 3 heteroatoms. The Hall–Kier alpha value is 1.44. The van der Waals surface area contributed by atoms with Gasteiger partial charge in [0.2, 0.25) is 0 Å². The Morgan fingerprint density at radius 1 is 0.391 bits per heavy atom. The molecule has 0 unspecified atom stereocenters. The number of alkyl halides is 3. The minimum atomic E-state index is 0.522. The van der Waals surface area contributed by atoms with Crippen LogP contribution in [0, 0.1) is 0 Å². The lowest BCUT2D eigenvalue weighted by Crippen LogP contribution is -1.86. The van der Waals surface area contributed by atoms with E-state index in [0.29, 0.717) is 3.74 Å². The Kier molecular flexibility index (Phi) is 22.8. The topological polar surface area (TPSA) is 0 Å². The van der Waals surface area contributed by atoms with E-state index < -0.39 is 0 Å². The molecule has 140 valence electrons. The van der Waals surface area contributed by atoms with Crippen molar-refractivity contribution in [2.24, 2.45) is 0 Å². The predicted octanol–water partition coefficient (Wildman–Crippen LogP) is 9.52. The molecule has 0 amide bonds. The van der Waals surface area contributed by atoms with Crippen molar-refractivity contribution < 1.29 is 0 Å². The van der Waals surface area contributed by atoms with Crippen LogP contribution in [0.25, 0.3) is 0 Å². The largest absolute Gasteiger partial charge is 0.0928 e. The van der Waals surface area contributed by atoms with Crippen LogP contribution in [0.5, 0.6) is 0 Å². The fourth-order valence-electron chi connectivity index (χ4n) is 3.04. The third-order valence-electron chi connectivity index (χ3n) is 4.56. The van der Waals surface area contributed by atoms with Gasteiger partial charge in [-0.2, -0.15) is 0 Å². The van der Waals surface area contributed by atoms with Crippen molar-refractivity contribution in [1.29, 1.82) is 0 Å². The third kappa shape index (κ3) is 23.4. The minimum absolute atomic E-state index is 0.522. The summed E-state index contributed by atoms with van der Waals surface area (Å²) in [6.45, 7) is 0. The number of rotatable bonds is 19. The van der Waals surface area contributed by atoms with Crippen LogP contribution >= 0.6 is 47.8 Å². The molecule has 0 bridgehead atoms. The maximum atomic E-state index is 3.54. The van der Waals surface area contributed by atoms with E-state index in [1.807, 2.05) is 0 Å². The van der Waals surface area contributed by atoms with Crippen molar-refractivity contribution in [2.45, 2.75) is 119 Å². The first-order valence-electron chi connectivity index (χ1n) is 10.1. The Bertz CT molecular complexity index is 207. The molecule has 0 radical (unpaired) electrons. The molecule has 0 aliphatic rings. The lowest BCUT2D eigenvalue weighted by molar-refractivity contribution is 0.527. The lowest BCUT2D eigenvalue weighted by Gasteiger charge is -2.04. The Labute approximate surface area is 171 Å². The van der Waals surface area contributed by atoms with Crippen LogP contribution < -0.4 is 0 Å². The molecule has 0 nitrogen and oxygen atoms in total. The highest BCUT2D eigenvalue weighted by molar-refractivity contribution is 9.24. The van der Waals surface area contributed by atoms with Gasteiger partial charge in [0.1, 0.15) is 0 Å². The zero-order chi connectivity index (χ0) is 17.0. The maximum absolute atomic E-state index is 3.54. The molecule has 0 spiro atoms. The van der Waals surface area contributed by atoms with E-state index in [9.17, 15) is 0 Å². The summed E-state index contributed by atoms with van der Waals surface area (Å²) in [6, 6.07) is 0. The first-order chi connectivity index (χ1) is 11.3. The number of halogens is 3. The predicted molar refractivity (Wildman–Crippen MR) is 119 cm³/mol. The fraction of sp³-hybridized carbons (Fsp3) is 1.00. The zero-order valence-electron chi connectivity index (χ0n) is 15.1. The molecule has 0 aromatic heterocycles. The van der Waals surface area contributed by atoms with Gasteiger partial charge in [0.15, 0.2) is 0 Å². The molecule has 0 atom stereocenters. The molecule has 0 rings (SSSR count). The van der Waals surface area contributed by atoms with Gasteiger partial charge in [-0.15, -0.1) is 0 Å². The van der Waals surface area contributed by atoms with Gasteiger partial charge in [0, 0.05) is 5.33 Å². The van der Waals surface area contributed by atoms with E-state index in [1.165, 1.54) is 121 Å². The van der Waals surface area contributed by atoms with E-state index in [1.54, 1.807) is 0 Å². The van der Waals surface area contributed by atoms with Crippen LogP contribution in [0.1, 0.15) is 116 Å². The average molecular weight is 519 g/mol. The number of unbranched alkanes of at least 4 members (excludes halogenated alkanes) is 16. The van der Waals surface area contributed by atoms with Crippen LogP contribution in [-0.2, 0) is 0 Å². The van der Waals surface area contributed by atoms with Gasteiger partial charge < -0.3 is 0 Å². The summed E-state index contributed by atoms with van der Waals surface area (Å²) in [5.74, 6) is 0. The summed E-state index contributed by atoms with van der Waals surface area (Å²) in [6.07, 6.45) is 25.8. The smallest absolute Gasteiger partial charge is 0.0697 e. The molecular weight excluding hydrogens is 480 g/mol. The summed E-state index contributed by atoms with van der Waals surface area (Å²) in [5.41, 5.74) is 0. The van der Waals surface area contributed by atoms with Gasteiger partial charge >= 0.3 is 0 Å². The molecule has 0 heterocycles. The molecular formula is C20H39Br3. The Balaban J connectivity index is 2.95. The SMILES string of the molecule is BrCCCCCCCCCCCCCCCCCCCC(Br)Br. The first-order valence-corrected chi connectivity index (χ1v) is 13.1. The Morgan fingerprint density at radius 3 is 0.913 bits per heavy atom. The monoisotopic (exact) mass is 516 g/mol. The van der Waals surface area contributed by atoms with Crippen molar-refractivity contribution in [2.75, 3.05) is 5.33 Å². The Morgan fingerprint density at radius 2 is 0.652 bits per heavy atom. The first kappa shape index (κ1) is 24.4. The van der Waals surface area contributed by atoms with Crippen molar-refractivity contribution in [1.82, 2.24) is 0 Å². The average Bonchev–Trinajstić information content (AvgIpc) is 2.53. The van der Waals surface area contributed by atoms with E-state index >= 15 is 0 Å². The van der Waals surface area contributed by atoms with Crippen LogP contribution in [0.2, 0.25) is 0 Å². The summed E-state index contributed by atoms with van der Waals surface area (Å²) < 4.78 is 0.522. The van der Waals surface area contributed by atoms with Crippen molar-refractivity contribution in [3.8, 4) is 0 Å². The van der Waals surface area contributed by atoms with Crippen molar-refractivity contribution in [3.63, 3.8) is 0 Å². The van der Waals surface area contributed by atoms with Crippen LogP contribution in [0.3, 0.4) is 0 Å². The van der Waals surface area contributed by atoms with Gasteiger partial charge in [0.05, 0.1) is 3.74 Å². The standard InChI is InChI=1S/C20H39Br3/c21-19-17-15-13-11-9-7-5-3-1-2-4-6-8-10-12-14-16-18-20(22)23/h20H,1-19H2. The van der Waals surface area contributed by atoms with Crippen molar-refractivity contribution in [3.05, 3.63) is 0 Å².